The lowest BCUT2D eigenvalue weighted by Crippen LogP contribution is -2.27. The third-order valence-electron chi connectivity index (χ3n) is 4.77. The predicted molar refractivity (Wildman–Crippen MR) is 111 cm³/mol. The minimum Gasteiger partial charge on any atom is -0.345 e. The average molecular weight is 409 g/mol. The maximum Gasteiger partial charge on any atom is 0.254 e. The van der Waals surface area contributed by atoms with Crippen molar-refractivity contribution >= 4 is 28.5 Å². The zero-order valence-electron chi connectivity index (χ0n) is 15.9. The van der Waals surface area contributed by atoms with E-state index in [0.717, 1.165) is 5.56 Å². The van der Waals surface area contributed by atoms with Crippen molar-refractivity contribution in [2.45, 2.75) is 19.9 Å². The van der Waals surface area contributed by atoms with Crippen LogP contribution in [0.15, 0.2) is 60.8 Å². The molecule has 1 atom stereocenters. The summed E-state index contributed by atoms with van der Waals surface area (Å²) in [6, 6.07) is 15.4. The summed E-state index contributed by atoms with van der Waals surface area (Å²) in [5.74, 6) is -0.644. The fraction of sp³-hybridized carbons (Fsp3) is 0.136. The molecular formula is C22H18ClFN4O. The van der Waals surface area contributed by atoms with Gasteiger partial charge in [0.15, 0.2) is 5.65 Å². The Morgan fingerprint density at radius 3 is 2.52 bits per heavy atom. The highest BCUT2D eigenvalue weighted by Crippen LogP contribution is 2.30. The molecule has 0 aliphatic carbocycles. The number of rotatable bonds is 4. The van der Waals surface area contributed by atoms with Crippen LogP contribution in [0, 0.1) is 12.7 Å². The number of hydrogen-bond acceptors (Lipinski definition) is 3. The fourth-order valence-electron chi connectivity index (χ4n) is 3.23. The van der Waals surface area contributed by atoms with E-state index in [1.807, 2.05) is 37.3 Å². The Balaban J connectivity index is 1.70. The van der Waals surface area contributed by atoms with Gasteiger partial charge in [-0.25, -0.2) is 14.1 Å². The number of benzene rings is 2. The molecule has 7 heteroatoms. The van der Waals surface area contributed by atoms with Gasteiger partial charge in [0.1, 0.15) is 5.82 Å². The van der Waals surface area contributed by atoms with Gasteiger partial charge in [-0.2, -0.15) is 5.10 Å². The van der Waals surface area contributed by atoms with Crippen molar-refractivity contribution in [1.29, 1.82) is 0 Å². The van der Waals surface area contributed by atoms with E-state index >= 15 is 0 Å². The molecule has 0 aliphatic rings. The van der Waals surface area contributed by atoms with Crippen LogP contribution in [0.4, 0.5) is 4.39 Å². The number of nitrogens with one attached hydrogen (secondary N) is 1. The molecule has 0 fully saturated rings. The van der Waals surface area contributed by atoms with Crippen molar-refractivity contribution in [1.82, 2.24) is 20.1 Å². The first-order chi connectivity index (χ1) is 14.0. The number of pyridine rings is 1. The minimum absolute atomic E-state index is 0.182. The van der Waals surface area contributed by atoms with Crippen molar-refractivity contribution in [2.24, 2.45) is 0 Å². The highest BCUT2D eigenvalue weighted by atomic mass is 35.5. The molecule has 0 bridgehead atoms. The number of amides is 1. The number of halogens is 2. The second-order valence-corrected chi connectivity index (χ2v) is 7.14. The lowest BCUT2D eigenvalue weighted by atomic mass is 10.1. The summed E-state index contributed by atoms with van der Waals surface area (Å²) in [7, 11) is 0. The van der Waals surface area contributed by atoms with E-state index in [2.05, 4.69) is 15.4 Å². The van der Waals surface area contributed by atoms with Crippen LogP contribution in [0.2, 0.25) is 5.02 Å². The second-order valence-electron chi connectivity index (χ2n) is 6.76. The van der Waals surface area contributed by atoms with E-state index in [-0.39, 0.29) is 23.3 Å². The third-order valence-corrected chi connectivity index (χ3v) is 5.16. The van der Waals surface area contributed by atoms with Crippen LogP contribution in [0.5, 0.6) is 0 Å². The van der Waals surface area contributed by atoms with Crippen molar-refractivity contribution in [3.8, 4) is 5.69 Å². The maximum absolute atomic E-state index is 13.2. The molecule has 5 nitrogen and oxygen atoms in total. The highest BCUT2D eigenvalue weighted by molar-refractivity contribution is 6.38. The molecule has 0 saturated carbocycles. The monoisotopic (exact) mass is 408 g/mol. The highest BCUT2D eigenvalue weighted by Gasteiger charge is 2.21. The van der Waals surface area contributed by atoms with E-state index in [0.29, 0.717) is 27.4 Å². The summed E-state index contributed by atoms with van der Waals surface area (Å²) in [6.07, 6.45) is 1.44. The molecule has 4 rings (SSSR count). The minimum atomic E-state index is -0.334. The zero-order valence-corrected chi connectivity index (χ0v) is 16.6. The van der Waals surface area contributed by atoms with Crippen molar-refractivity contribution in [3.05, 3.63) is 88.5 Å². The number of aryl methyl sites for hydroxylation is 1. The summed E-state index contributed by atoms with van der Waals surface area (Å²) < 4.78 is 14.8. The summed E-state index contributed by atoms with van der Waals surface area (Å²) in [6.45, 7) is 3.70. The smallest absolute Gasteiger partial charge is 0.254 e. The zero-order chi connectivity index (χ0) is 20.5. The Bertz CT molecular complexity index is 1190. The van der Waals surface area contributed by atoms with Gasteiger partial charge in [0.25, 0.3) is 5.91 Å². The molecule has 0 saturated heterocycles. The normalized spacial score (nSPS) is 12.1. The quantitative estimate of drug-likeness (QED) is 0.516. The van der Waals surface area contributed by atoms with Gasteiger partial charge in [0.2, 0.25) is 0 Å². The average Bonchev–Trinajstić information content (AvgIpc) is 3.06. The number of aromatic nitrogens is 3. The molecule has 0 radical (unpaired) electrons. The van der Waals surface area contributed by atoms with Crippen LogP contribution in [-0.2, 0) is 0 Å². The Kier molecular flexibility index (Phi) is 5.03. The number of fused-ring (bicyclic) bond motifs is 1. The van der Waals surface area contributed by atoms with E-state index in [9.17, 15) is 9.18 Å². The second kappa shape index (κ2) is 7.64. The molecule has 0 spiro atoms. The van der Waals surface area contributed by atoms with Crippen LogP contribution < -0.4 is 5.32 Å². The standard InChI is InChI=1S/C22H18ClFN4O/c1-13(15-6-4-3-5-7-15)26-22(29)18-12-25-21-19(20(18)23)14(2)27-28(21)17-10-8-16(24)9-11-17/h3-13H,1-2H3,(H,26,29)/t13-/m0/s1. The number of hydrogen-bond donors (Lipinski definition) is 1. The van der Waals surface area contributed by atoms with Crippen LogP contribution in [0.3, 0.4) is 0 Å². The number of nitrogens with zero attached hydrogens (tertiary/aromatic N) is 3. The van der Waals surface area contributed by atoms with Gasteiger partial charge in [-0.1, -0.05) is 41.9 Å². The van der Waals surface area contributed by atoms with E-state index < -0.39 is 0 Å². The molecule has 2 heterocycles. The topological polar surface area (TPSA) is 59.8 Å². The number of carbonyl (C=O) groups excluding carboxylic acids is 1. The first kappa shape index (κ1) is 19.1. The predicted octanol–water partition coefficient (Wildman–Crippen LogP) is 5.01. The van der Waals surface area contributed by atoms with Gasteiger partial charge < -0.3 is 5.32 Å². The van der Waals surface area contributed by atoms with Crippen LogP contribution in [0.25, 0.3) is 16.7 Å². The molecule has 4 aromatic rings. The first-order valence-electron chi connectivity index (χ1n) is 9.11. The van der Waals surface area contributed by atoms with Crippen molar-refractivity contribution < 1.29 is 9.18 Å². The Labute approximate surface area is 172 Å². The van der Waals surface area contributed by atoms with Gasteiger partial charge in [-0.3, -0.25) is 4.79 Å². The van der Waals surface area contributed by atoms with Gasteiger partial charge in [-0.15, -0.1) is 0 Å². The SMILES string of the molecule is Cc1nn(-c2ccc(F)cc2)c2ncc(C(=O)N[C@@H](C)c3ccccc3)c(Cl)c12. The summed E-state index contributed by atoms with van der Waals surface area (Å²) in [4.78, 5) is 17.2. The molecule has 1 N–H and O–H groups in total. The van der Waals surface area contributed by atoms with Crippen molar-refractivity contribution in [2.75, 3.05) is 0 Å². The van der Waals surface area contributed by atoms with Crippen LogP contribution in [0.1, 0.15) is 34.6 Å². The number of carbonyl (C=O) groups is 1. The largest absolute Gasteiger partial charge is 0.345 e. The van der Waals surface area contributed by atoms with Gasteiger partial charge in [0.05, 0.1) is 33.4 Å². The van der Waals surface area contributed by atoms with E-state index in [1.165, 1.54) is 18.3 Å². The summed E-state index contributed by atoms with van der Waals surface area (Å²) >= 11 is 6.58. The molecule has 146 valence electrons. The van der Waals surface area contributed by atoms with Gasteiger partial charge >= 0.3 is 0 Å². The fourth-order valence-corrected chi connectivity index (χ4v) is 3.58. The Morgan fingerprint density at radius 1 is 1.14 bits per heavy atom. The molecule has 0 aliphatic heterocycles. The van der Waals surface area contributed by atoms with E-state index in [4.69, 9.17) is 11.6 Å². The maximum atomic E-state index is 13.2. The van der Waals surface area contributed by atoms with Crippen molar-refractivity contribution in [3.63, 3.8) is 0 Å². The van der Waals surface area contributed by atoms with Gasteiger partial charge in [-0.05, 0) is 43.7 Å². The molecule has 0 unspecified atom stereocenters. The van der Waals surface area contributed by atoms with Crippen LogP contribution >= 0.6 is 11.6 Å². The molecule has 1 amide bonds. The Morgan fingerprint density at radius 2 is 1.83 bits per heavy atom. The third kappa shape index (κ3) is 3.59. The van der Waals surface area contributed by atoms with E-state index in [1.54, 1.807) is 23.7 Å². The lowest BCUT2D eigenvalue weighted by molar-refractivity contribution is 0.0940. The molecule has 2 aromatic heterocycles. The van der Waals surface area contributed by atoms with Crippen LogP contribution in [-0.4, -0.2) is 20.7 Å². The van der Waals surface area contributed by atoms with Gasteiger partial charge in [0, 0.05) is 6.20 Å². The summed E-state index contributed by atoms with van der Waals surface area (Å²) in [5, 5.41) is 8.31. The lowest BCUT2D eigenvalue weighted by Gasteiger charge is -2.15. The first-order valence-corrected chi connectivity index (χ1v) is 9.49. The molecule has 29 heavy (non-hydrogen) atoms. The summed E-state index contributed by atoms with van der Waals surface area (Å²) in [5.41, 5.74) is 3.07. The molecular weight excluding hydrogens is 391 g/mol. The Hall–Kier alpha value is -3.25. The molecule has 2 aromatic carbocycles.